The van der Waals surface area contributed by atoms with Gasteiger partial charge < -0.3 is 10.2 Å². The van der Waals surface area contributed by atoms with E-state index in [1.165, 1.54) is 25.7 Å². The van der Waals surface area contributed by atoms with Gasteiger partial charge in [0, 0.05) is 30.7 Å². The number of amides is 1. The van der Waals surface area contributed by atoms with Gasteiger partial charge in [-0.3, -0.25) is 9.78 Å². The van der Waals surface area contributed by atoms with Crippen LogP contribution in [0.15, 0.2) is 24.4 Å². The number of halogens is 1. The van der Waals surface area contributed by atoms with Gasteiger partial charge in [-0.2, -0.15) is 0 Å². The van der Waals surface area contributed by atoms with E-state index < -0.39 is 0 Å². The summed E-state index contributed by atoms with van der Waals surface area (Å²) < 4.78 is 0. The van der Waals surface area contributed by atoms with Gasteiger partial charge in [0.2, 0.25) is 5.91 Å². The minimum absolute atomic E-state index is 0. The van der Waals surface area contributed by atoms with E-state index in [1.54, 1.807) is 0 Å². The molecule has 4 nitrogen and oxygen atoms in total. The molecule has 1 saturated carbocycles. The Morgan fingerprint density at radius 1 is 1.17 bits per heavy atom. The average Bonchev–Trinajstić information content (AvgIpc) is 3.31. The Hall–Kier alpha value is -1.13. The average molecular weight is 336 g/mol. The van der Waals surface area contributed by atoms with Gasteiger partial charge in [-0.05, 0) is 56.6 Å². The lowest BCUT2D eigenvalue weighted by atomic mass is 9.89. The van der Waals surface area contributed by atoms with Gasteiger partial charge in [-0.1, -0.05) is 6.07 Å². The van der Waals surface area contributed by atoms with Crippen molar-refractivity contribution < 1.29 is 4.79 Å². The second-order valence-electron chi connectivity index (χ2n) is 7.25. The molecule has 2 saturated heterocycles. The number of hydrogen-bond acceptors (Lipinski definition) is 3. The molecule has 1 amide bonds. The van der Waals surface area contributed by atoms with Crippen LogP contribution in [0.1, 0.15) is 50.6 Å². The summed E-state index contributed by atoms with van der Waals surface area (Å²) in [5.41, 5.74) is 1.01. The zero-order valence-corrected chi connectivity index (χ0v) is 14.3. The van der Waals surface area contributed by atoms with Gasteiger partial charge >= 0.3 is 0 Å². The van der Waals surface area contributed by atoms with Crippen LogP contribution in [0.3, 0.4) is 0 Å². The summed E-state index contributed by atoms with van der Waals surface area (Å²) in [7, 11) is 0. The Kier molecular flexibility index (Phi) is 5.22. The van der Waals surface area contributed by atoms with Crippen molar-refractivity contribution in [2.75, 3.05) is 0 Å². The molecular formula is C18H26ClN3O. The molecule has 126 valence electrons. The topological polar surface area (TPSA) is 45.2 Å². The number of hydrogen-bond donors (Lipinski definition) is 1. The molecule has 4 rings (SSSR count). The third kappa shape index (κ3) is 4.04. The van der Waals surface area contributed by atoms with Crippen molar-refractivity contribution in [1.82, 2.24) is 15.2 Å². The largest absolute Gasteiger partial charge is 0.334 e. The minimum Gasteiger partial charge on any atom is -0.334 e. The van der Waals surface area contributed by atoms with Crippen LogP contribution in [0.5, 0.6) is 0 Å². The predicted octanol–water partition coefficient (Wildman–Crippen LogP) is 2.92. The molecule has 1 aliphatic carbocycles. The summed E-state index contributed by atoms with van der Waals surface area (Å²) in [6.45, 7) is 0.683. The number of piperidine rings is 1. The Labute approximate surface area is 144 Å². The van der Waals surface area contributed by atoms with E-state index in [0.29, 0.717) is 36.5 Å². The van der Waals surface area contributed by atoms with E-state index in [4.69, 9.17) is 0 Å². The zero-order chi connectivity index (χ0) is 14.9. The normalized spacial score (nSPS) is 29.0. The van der Waals surface area contributed by atoms with E-state index in [2.05, 4.69) is 15.2 Å². The lowest BCUT2D eigenvalue weighted by molar-refractivity contribution is -0.133. The lowest BCUT2D eigenvalue weighted by Gasteiger charge is -2.31. The fourth-order valence-electron chi connectivity index (χ4n) is 4.18. The molecule has 1 aromatic rings. The van der Waals surface area contributed by atoms with Crippen molar-refractivity contribution in [3.8, 4) is 0 Å². The number of nitrogens with one attached hydrogen (secondary N) is 1. The quantitative estimate of drug-likeness (QED) is 0.900. The Morgan fingerprint density at radius 2 is 1.91 bits per heavy atom. The number of rotatable bonds is 5. The summed E-state index contributed by atoms with van der Waals surface area (Å²) in [6, 6.07) is 7.75. The van der Waals surface area contributed by atoms with Crippen molar-refractivity contribution in [2.45, 2.75) is 69.6 Å². The van der Waals surface area contributed by atoms with Gasteiger partial charge in [0.15, 0.2) is 0 Å². The van der Waals surface area contributed by atoms with E-state index >= 15 is 0 Å². The molecule has 0 spiro atoms. The van der Waals surface area contributed by atoms with Crippen LogP contribution in [-0.4, -0.2) is 33.9 Å². The molecule has 1 aromatic heterocycles. The van der Waals surface area contributed by atoms with Crippen molar-refractivity contribution in [1.29, 1.82) is 0 Å². The van der Waals surface area contributed by atoms with Crippen LogP contribution in [-0.2, 0) is 11.3 Å². The first-order chi connectivity index (χ1) is 10.8. The summed E-state index contributed by atoms with van der Waals surface area (Å²) >= 11 is 0. The van der Waals surface area contributed by atoms with E-state index in [9.17, 15) is 4.79 Å². The first kappa shape index (κ1) is 16.7. The molecule has 3 aliphatic rings. The molecule has 2 aliphatic heterocycles. The molecule has 3 fully saturated rings. The van der Waals surface area contributed by atoms with Gasteiger partial charge in [-0.15, -0.1) is 12.4 Å². The smallest absolute Gasteiger partial charge is 0.223 e. The second kappa shape index (κ2) is 7.18. The minimum atomic E-state index is 0. The third-order valence-corrected chi connectivity index (χ3v) is 5.40. The maximum atomic E-state index is 12.8. The maximum Gasteiger partial charge on any atom is 0.223 e. The predicted molar refractivity (Wildman–Crippen MR) is 92.3 cm³/mol. The number of nitrogens with zero attached hydrogens (tertiary/aromatic N) is 2. The molecule has 0 aromatic carbocycles. The first-order valence-electron chi connectivity index (χ1n) is 8.73. The van der Waals surface area contributed by atoms with Gasteiger partial charge in [-0.25, -0.2) is 0 Å². The van der Waals surface area contributed by atoms with Crippen LogP contribution < -0.4 is 5.32 Å². The maximum absolute atomic E-state index is 12.8. The van der Waals surface area contributed by atoms with Gasteiger partial charge in [0.05, 0.1) is 12.2 Å². The van der Waals surface area contributed by atoms with Crippen molar-refractivity contribution in [2.24, 2.45) is 5.92 Å². The first-order valence-corrected chi connectivity index (χ1v) is 8.73. The fraction of sp³-hybridized carbons (Fsp3) is 0.667. The number of carbonyl (C=O) groups is 1. The molecule has 2 bridgehead atoms. The Balaban J connectivity index is 0.00000156. The van der Waals surface area contributed by atoms with Crippen molar-refractivity contribution in [3.05, 3.63) is 30.1 Å². The molecule has 23 heavy (non-hydrogen) atoms. The zero-order valence-electron chi connectivity index (χ0n) is 13.5. The second-order valence-corrected chi connectivity index (χ2v) is 7.25. The third-order valence-electron chi connectivity index (χ3n) is 5.40. The summed E-state index contributed by atoms with van der Waals surface area (Å²) in [5.74, 6) is 0.927. The van der Waals surface area contributed by atoms with E-state index in [0.717, 1.165) is 25.0 Å². The Morgan fingerprint density at radius 3 is 2.52 bits per heavy atom. The van der Waals surface area contributed by atoms with Crippen LogP contribution in [0.4, 0.5) is 0 Å². The highest BCUT2D eigenvalue weighted by atomic mass is 35.5. The molecule has 5 heteroatoms. The molecule has 3 heterocycles. The van der Waals surface area contributed by atoms with Crippen LogP contribution >= 0.6 is 12.4 Å². The molecular weight excluding hydrogens is 310 g/mol. The summed E-state index contributed by atoms with van der Waals surface area (Å²) in [6.07, 6.45) is 9.85. The SMILES string of the molecule is Cl.O=C(CC1CC2CCC(C1)N2)N(Cc1ccccn1)C1CC1. The van der Waals surface area contributed by atoms with Gasteiger partial charge in [0.25, 0.3) is 0 Å². The highest BCUT2D eigenvalue weighted by Crippen LogP contribution is 2.35. The van der Waals surface area contributed by atoms with E-state index in [-0.39, 0.29) is 12.4 Å². The van der Waals surface area contributed by atoms with Crippen LogP contribution in [0.2, 0.25) is 0 Å². The summed E-state index contributed by atoms with van der Waals surface area (Å²) in [5, 5.41) is 3.66. The molecule has 2 atom stereocenters. The highest BCUT2D eigenvalue weighted by Gasteiger charge is 2.37. The van der Waals surface area contributed by atoms with Gasteiger partial charge in [0.1, 0.15) is 0 Å². The molecule has 0 radical (unpaired) electrons. The highest BCUT2D eigenvalue weighted by molar-refractivity contribution is 5.85. The molecule has 1 N–H and O–H groups in total. The number of aromatic nitrogens is 1. The van der Waals surface area contributed by atoms with Crippen LogP contribution in [0.25, 0.3) is 0 Å². The molecule has 2 unspecified atom stereocenters. The number of fused-ring (bicyclic) bond motifs is 2. The monoisotopic (exact) mass is 335 g/mol. The Bertz CT molecular complexity index is 522. The standard InChI is InChI=1S/C18H25N3O.ClH/c22-18(11-13-9-14-4-5-15(10-13)20-14)21(17-6-7-17)12-16-3-1-2-8-19-16;/h1-3,8,13-15,17,20H,4-7,9-12H2;1H. The fourth-order valence-corrected chi connectivity index (χ4v) is 4.18. The lowest BCUT2D eigenvalue weighted by Crippen LogP contribution is -2.41. The van der Waals surface area contributed by atoms with Crippen molar-refractivity contribution in [3.63, 3.8) is 0 Å². The van der Waals surface area contributed by atoms with Crippen LogP contribution in [0, 0.1) is 5.92 Å². The summed E-state index contributed by atoms with van der Waals surface area (Å²) in [4.78, 5) is 19.3. The van der Waals surface area contributed by atoms with Crippen molar-refractivity contribution >= 4 is 18.3 Å². The number of pyridine rings is 1. The van der Waals surface area contributed by atoms with E-state index in [1.807, 2.05) is 24.4 Å². The number of carbonyl (C=O) groups excluding carboxylic acids is 1.